The van der Waals surface area contributed by atoms with Crippen molar-refractivity contribution in [3.63, 3.8) is 0 Å². The number of aryl methyl sites for hydroxylation is 1. The minimum Gasteiger partial charge on any atom is -0.312 e. The highest BCUT2D eigenvalue weighted by Gasteiger charge is 2.10. The third kappa shape index (κ3) is 4.39. The van der Waals surface area contributed by atoms with E-state index < -0.39 is 0 Å². The summed E-state index contributed by atoms with van der Waals surface area (Å²) in [7, 11) is 0. The molecule has 2 aromatic rings. The van der Waals surface area contributed by atoms with Crippen LogP contribution in [-0.4, -0.2) is 16.5 Å². The van der Waals surface area contributed by atoms with Crippen molar-refractivity contribution in [1.29, 1.82) is 0 Å². The number of rotatable bonds is 7. The molecule has 0 radical (unpaired) electrons. The van der Waals surface area contributed by atoms with E-state index in [0.717, 1.165) is 25.9 Å². The van der Waals surface area contributed by atoms with Crippen LogP contribution >= 0.6 is 11.3 Å². The van der Waals surface area contributed by atoms with E-state index in [4.69, 9.17) is 4.98 Å². The summed E-state index contributed by atoms with van der Waals surface area (Å²) in [4.78, 5) is 10.2. The first kappa shape index (κ1) is 15.1. The lowest BCUT2D eigenvalue weighted by molar-refractivity contribution is 0.553. The Labute approximate surface area is 125 Å². The van der Waals surface area contributed by atoms with Gasteiger partial charge in [0.25, 0.3) is 0 Å². The summed E-state index contributed by atoms with van der Waals surface area (Å²) in [5.74, 6) is 0.685. The maximum absolute atomic E-state index is 4.78. The van der Waals surface area contributed by atoms with Crippen LogP contribution in [0.3, 0.4) is 0 Å². The number of pyridine rings is 1. The van der Waals surface area contributed by atoms with E-state index in [-0.39, 0.29) is 0 Å². The maximum atomic E-state index is 4.78. The molecule has 0 saturated carbocycles. The molecular formula is C16H23N3S. The molecule has 1 N–H and O–H groups in total. The van der Waals surface area contributed by atoms with Crippen LogP contribution in [0.4, 0.5) is 0 Å². The molecule has 0 fully saturated rings. The number of nitrogens with zero attached hydrogens (tertiary/aromatic N) is 2. The fraction of sp³-hybridized carbons (Fsp3) is 0.500. The molecule has 3 nitrogen and oxygen atoms in total. The number of thiazole rings is 1. The number of hydrogen-bond donors (Lipinski definition) is 1. The van der Waals surface area contributed by atoms with Gasteiger partial charge in [0.2, 0.25) is 0 Å². The third-order valence-electron chi connectivity index (χ3n) is 3.10. The van der Waals surface area contributed by atoms with Gasteiger partial charge >= 0.3 is 0 Å². The summed E-state index contributed by atoms with van der Waals surface area (Å²) in [5.41, 5.74) is 2.52. The Balaban J connectivity index is 2.02. The minimum atomic E-state index is 0.685. The molecule has 0 aromatic carbocycles. The summed E-state index contributed by atoms with van der Waals surface area (Å²) in [6.45, 7) is 8.64. The second-order valence-electron chi connectivity index (χ2n) is 5.39. The molecule has 2 aromatic heterocycles. The average Bonchev–Trinajstić information content (AvgIpc) is 2.81. The summed E-state index contributed by atoms with van der Waals surface area (Å²) < 4.78 is 0. The zero-order chi connectivity index (χ0) is 14.4. The predicted molar refractivity (Wildman–Crippen MR) is 85.1 cm³/mol. The standard InChI is InChI=1S/C16H23N3S/c1-4-14-15(11-18-10-12(2)3)20-16(19-14)9-13-5-7-17-8-6-13/h5-8,12,18H,4,9-11H2,1-3H3. The Morgan fingerprint density at radius 1 is 1.25 bits per heavy atom. The monoisotopic (exact) mass is 289 g/mol. The van der Waals surface area contributed by atoms with Crippen molar-refractivity contribution in [3.05, 3.63) is 45.7 Å². The van der Waals surface area contributed by atoms with E-state index in [1.807, 2.05) is 23.7 Å². The predicted octanol–water partition coefficient (Wildman–Crippen LogP) is 3.44. The zero-order valence-corrected chi connectivity index (χ0v) is 13.3. The highest BCUT2D eigenvalue weighted by atomic mass is 32.1. The lowest BCUT2D eigenvalue weighted by atomic mass is 10.2. The van der Waals surface area contributed by atoms with E-state index in [0.29, 0.717) is 5.92 Å². The molecule has 0 bridgehead atoms. The quantitative estimate of drug-likeness (QED) is 0.848. The molecule has 0 aliphatic heterocycles. The van der Waals surface area contributed by atoms with Crippen LogP contribution in [0.1, 0.15) is 41.9 Å². The second-order valence-corrected chi connectivity index (χ2v) is 6.56. The minimum absolute atomic E-state index is 0.685. The Morgan fingerprint density at radius 2 is 2.00 bits per heavy atom. The van der Waals surface area contributed by atoms with Gasteiger partial charge in [-0.1, -0.05) is 20.8 Å². The lowest BCUT2D eigenvalue weighted by Crippen LogP contribution is -2.18. The van der Waals surface area contributed by atoms with E-state index in [1.165, 1.54) is 21.1 Å². The molecule has 0 spiro atoms. The first-order valence-electron chi connectivity index (χ1n) is 7.26. The number of nitrogens with one attached hydrogen (secondary N) is 1. The van der Waals surface area contributed by atoms with Crippen molar-refractivity contribution >= 4 is 11.3 Å². The average molecular weight is 289 g/mol. The molecule has 4 heteroatoms. The molecular weight excluding hydrogens is 266 g/mol. The van der Waals surface area contributed by atoms with Gasteiger partial charge in [0.05, 0.1) is 10.7 Å². The third-order valence-corrected chi connectivity index (χ3v) is 4.20. The normalized spacial score (nSPS) is 11.2. The topological polar surface area (TPSA) is 37.8 Å². The van der Waals surface area contributed by atoms with Crippen molar-refractivity contribution in [1.82, 2.24) is 15.3 Å². The molecule has 20 heavy (non-hydrogen) atoms. The summed E-state index contributed by atoms with van der Waals surface area (Å²) in [5, 5.41) is 4.72. The van der Waals surface area contributed by atoms with Crippen molar-refractivity contribution in [2.45, 2.75) is 40.2 Å². The largest absolute Gasteiger partial charge is 0.312 e. The molecule has 0 amide bonds. The molecule has 0 aliphatic carbocycles. The summed E-state index contributed by atoms with van der Waals surface area (Å²) >= 11 is 1.84. The van der Waals surface area contributed by atoms with Crippen LogP contribution < -0.4 is 5.32 Å². The molecule has 108 valence electrons. The van der Waals surface area contributed by atoms with Crippen LogP contribution in [0, 0.1) is 5.92 Å². The van der Waals surface area contributed by atoms with Gasteiger partial charge in [-0.25, -0.2) is 4.98 Å². The highest BCUT2D eigenvalue weighted by Crippen LogP contribution is 2.21. The van der Waals surface area contributed by atoms with Crippen molar-refractivity contribution in [3.8, 4) is 0 Å². The van der Waals surface area contributed by atoms with Gasteiger partial charge in [-0.2, -0.15) is 0 Å². The molecule has 0 saturated heterocycles. The zero-order valence-electron chi connectivity index (χ0n) is 12.5. The van der Waals surface area contributed by atoms with Crippen LogP contribution in [0.5, 0.6) is 0 Å². The van der Waals surface area contributed by atoms with Crippen LogP contribution in [0.25, 0.3) is 0 Å². The fourth-order valence-corrected chi connectivity index (χ4v) is 3.24. The number of hydrogen-bond acceptors (Lipinski definition) is 4. The SMILES string of the molecule is CCc1nc(Cc2ccncc2)sc1CNCC(C)C. The van der Waals surface area contributed by atoms with Crippen LogP contribution in [0.15, 0.2) is 24.5 Å². The summed E-state index contributed by atoms with van der Waals surface area (Å²) in [6.07, 6.45) is 5.60. The van der Waals surface area contributed by atoms with E-state index in [1.54, 1.807) is 0 Å². The maximum Gasteiger partial charge on any atom is 0.0975 e. The Hall–Kier alpha value is -1.26. The Kier molecular flexibility index (Phi) is 5.68. The molecule has 0 aliphatic rings. The van der Waals surface area contributed by atoms with Crippen LogP contribution in [0.2, 0.25) is 0 Å². The van der Waals surface area contributed by atoms with Gasteiger partial charge in [-0.15, -0.1) is 11.3 Å². The van der Waals surface area contributed by atoms with Gasteiger partial charge in [0.15, 0.2) is 0 Å². The molecule has 0 unspecified atom stereocenters. The van der Waals surface area contributed by atoms with Crippen molar-refractivity contribution in [2.75, 3.05) is 6.54 Å². The van der Waals surface area contributed by atoms with Gasteiger partial charge in [-0.05, 0) is 36.6 Å². The van der Waals surface area contributed by atoms with Gasteiger partial charge in [0.1, 0.15) is 0 Å². The second kappa shape index (κ2) is 7.50. The van der Waals surface area contributed by atoms with Gasteiger partial charge in [0, 0.05) is 30.2 Å². The lowest BCUT2D eigenvalue weighted by Gasteiger charge is -2.06. The Bertz CT molecular complexity index is 520. The first-order valence-corrected chi connectivity index (χ1v) is 8.07. The van der Waals surface area contributed by atoms with Crippen molar-refractivity contribution in [2.24, 2.45) is 5.92 Å². The summed E-state index contributed by atoms with van der Waals surface area (Å²) in [6, 6.07) is 4.12. The number of aromatic nitrogens is 2. The van der Waals surface area contributed by atoms with Crippen LogP contribution in [-0.2, 0) is 19.4 Å². The van der Waals surface area contributed by atoms with E-state index >= 15 is 0 Å². The van der Waals surface area contributed by atoms with E-state index in [9.17, 15) is 0 Å². The molecule has 2 rings (SSSR count). The molecule has 0 atom stereocenters. The van der Waals surface area contributed by atoms with Gasteiger partial charge < -0.3 is 5.32 Å². The fourth-order valence-electron chi connectivity index (χ4n) is 2.08. The highest BCUT2D eigenvalue weighted by molar-refractivity contribution is 7.11. The van der Waals surface area contributed by atoms with Gasteiger partial charge in [-0.3, -0.25) is 4.98 Å². The Morgan fingerprint density at radius 3 is 2.65 bits per heavy atom. The first-order chi connectivity index (χ1) is 9.69. The van der Waals surface area contributed by atoms with E-state index in [2.05, 4.69) is 43.2 Å². The smallest absolute Gasteiger partial charge is 0.0975 e. The molecule has 2 heterocycles. The van der Waals surface area contributed by atoms with Crippen molar-refractivity contribution < 1.29 is 0 Å².